The first-order chi connectivity index (χ1) is 10.1. The van der Waals surface area contributed by atoms with Crippen molar-refractivity contribution in [3.63, 3.8) is 0 Å². The SMILES string of the molecule is CC(C)Oc1nc(N)c(C#N)c(-c2ccccc2)c1C#N. The Hall–Kier alpha value is -3.05. The fourth-order valence-electron chi connectivity index (χ4n) is 2.00. The van der Waals surface area contributed by atoms with E-state index in [9.17, 15) is 10.5 Å². The van der Waals surface area contributed by atoms with E-state index in [1.165, 1.54) is 0 Å². The molecule has 0 atom stereocenters. The molecule has 0 aliphatic heterocycles. The molecule has 2 aromatic rings. The molecular formula is C16H14N4O. The van der Waals surface area contributed by atoms with Crippen LogP contribution < -0.4 is 10.5 Å². The number of anilines is 1. The normalized spacial score (nSPS) is 9.95. The molecule has 0 saturated heterocycles. The van der Waals surface area contributed by atoms with Gasteiger partial charge in [0.2, 0.25) is 5.88 Å². The molecule has 0 spiro atoms. The molecule has 1 heterocycles. The number of nitriles is 2. The largest absolute Gasteiger partial charge is 0.474 e. The maximum Gasteiger partial charge on any atom is 0.234 e. The van der Waals surface area contributed by atoms with Crippen molar-refractivity contribution in [2.75, 3.05) is 5.73 Å². The van der Waals surface area contributed by atoms with Crippen molar-refractivity contribution in [3.05, 3.63) is 41.5 Å². The Labute approximate surface area is 123 Å². The topological polar surface area (TPSA) is 95.7 Å². The van der Waals surface area contributed by atoms with E-state index in [2.05, 4.69) is 11.1 Å². The predicted molar refractivity (Wildman–Crippen MR) is 79.3 cm³/mol. The maximum atomic E-state index is 9.46. The van der Waals surface area contributed by atoms with Gasteiger partial charge in [-0.3, -0.25) is 0 Å². The number of hydrogen-bond donors (Lipinski definition) is 1. The van der Waals surface area contributed by atoms with Crippen LogP contribution in [0.4, 0.5) is 5.82 Å². The van der Waals surface area contributed by atoms with Crippen molar-refractivity contribution in [2.24, 2.45) is 0 Å². The Kier molecular flexibility index (Phi) is 4.06. The van der Waals surface area contributed by atoms with Gasteiger partial charge in [0.1, 0.15) is 29.1 Å². The Morgan fingerprint density at radius 1 is 1.10 bits per heavy atom. The highest BCUT2D eigenvalue weighted by Gasteiger charge is 2.21. The molecule has 0 radical (unpaired) electrons. The number of ether oxygens (including phenoxy) is 1. The van der Waals surface area contributed by atoms with Crippen molar-refractivity contribution in [1.29, 1.82) is 10.5 Å². The quantitative estimate of drug-likeness (QED) is 0.931. The van der Waals surface area contributed by atoms with Crippen molar-refractivity contribution >= 4 is 5.82 Å². The summed E-state index contributed by atoms with van der Waals surface area (Å²) in [6, 6.07) is 13.2. The molecule has 21 heavy (non-hydrogen) atoms. The highest BCUT2D eigenvalue weighted by atomic mass is 16.5. The standard InChI is InChI=1S/C16H14N4O/c1-10(2)21-16-13(9-18)14(11-6-4-3-5-7-11)12(8-17)15(19)20-16/h3-7,10H,1-2H3,(H2,19,20). The number of nitrogens with zero attached hydrogens (tertiary/aromatic N) is 3. The van der Waals surface area contributed by atoms with E-state index >= 15 is 0 Å². The first-order valence-electron chi connectivity index (χ1n) is 6.44. The maximum absolute atomic E-state index is 9.46. The molecule has 0 aliphatic carbocycles. The van der Waals surface area contributed by atoms with Gasteiger partial charge in [-0.1, -0.05) is 30.3 Å². The number of nitrogens with two attached hydrogens (primary N) is 1. The van der Waals surface area contributed by atoms with Crippen LogP contribution in [0.25, 0.3) is 11.1 Å². The average molecular weight is 278 g/mol. The van der Waals surface area contributed by atoms with Gasteiger partial charge < -0.3 is 10.5 Å². The average Bonchev–Trinajstić information content (AvgIpc) is 2.47. The van der Waals surface area contributed by atoms with Gasteiger partial charge in [-0.2, -0.15) is 15.5 Å². The predicted octanol–water partition coefficient (Wildman–Crippen LogP) is 2.86. The minimum absolute atomic E-state index is 0.0611. The summed E-state index contributed by atoms with van der Waals surface area (Å²) in [6.07, 6.45) is -0.152. The molecule has 0 bridgehead atoms. The fourth-order valence-corrected chi connectivity index (χ4v) is 2.00. The summed E-state index contributed by atoms with van der Waals surface area (Å²) in [7, 11) is 0. The van der Waals surface area contributed by atoms with Crippen LogP contribution in [-0.2, 0) is 0 Å². The molecule has 0 saturated carbocycles. The number of hydrogen-bond acceptors (Lipinski definition) is 5. The van der Waals surface area contributed by atoms with Crippen molar-refractivity contribution in [3.8, 4) is 29.1 Å². The van der Waals surface area contributed by atoms with Gasteiger partial charge in [0.05, 0.1) is 6.10 Å². The molecule has 2 rings (SSSR count). The zero-order chi connectivity index (χ0) is 15.4. The zero-order valence-electron chi connectivity index (χ0n) is 11.8. The minimum atomic E-state index is -0.152. The molecule has 5 nitrogen and oxygen atoms in total. The summed E-state index contributed by atoms with van der Waals surface area (Å²) < 4.78 is 5.56. The molecule has 104 valence electrons. The van der Waals surface area contributed by atoms with Crippen LogP contribution in [0.5, 0.6) is 5.88 Å². The molecule has 0 amide bonds. The Bertz CT molecular complexity index is 740. The molecule has 5 heteroatoms. The lowest BCUT2D eigenvalue weighted by Gasteiger charge is -2.15. The number of aromatic nitrogens is 1. The molecule has 1 aromatic carbocycles. The van der Waals surface area contributed by atoms with Crippen LogP contribution in [0.1, 0.15) is 25.0 Å². The van der Waals surface area contributed by atoms with Crippen LogP contribution >= 0.6 is 0 Å². The molecule has 0 fully saturated rings. The smallest absolute Gasteiger partial charge is 0.234 e. The lowest BCUT2D eigenvalue weighted by molar-refractivity contribution is 0.232. The Morgan fingerprint density at radius 3 is 2.24 bits per heavy atom. The van der Waals surface area contributed by atoms with E-state index in [0.29, 0.717) is 5.56 Å². The van der Waals surface area contributed by atoms with Crippen molar-refractivity contribution in [1.82, 2.24) is 4.98 Å². The number of benzene rings is 1. The van der Waals surface area contributed by atoms with Crippen LogP contribution in [0.15, 0.2) is 30.3 Å². The van der Waals surface area contributed by atoms with E-state index in [1.807, 2.05) is 50.2 Å². The highest BCUT2D eigenvalue weighted by molar-refractivity contribution is 5.82. The lowest BCUT2D eigenvalue weighted by Crippen LogP contribution is -2.11. The van der Waals surface area contributed by atoms with E-state index in [4.69, 9.17) is 10.5 Å². The molecule has 0 unspecified atom stereocenters. The van der Waals surface area contributed by atoms with Gasteiger partial charge in [-0.15, -0.1) is 0 Å². The van der Waals surface area contributed by atoms with Gasteiger partial charge in [0.25, 0.3) is 0 Å². The molecule has 2 N–H and O–H groups in total. The second kappa shape index (κ2) is 5.94. The van der Waals surface area contributed by atoms with Crippen LogP contribution in [0, 0.1) is 22.7 Å². The van der Waals surface area contributed by atoms with Gasteiger partial charge in [-0.25, -0.2) is 0 Å². The second-order valence-electron chi connectivity index (χ2n) is 4.68. The Balaban J connectivity index is 2.80. The van der Waals surface area contributed by atoms with Crippen LogP contribution in [-0.4, -0.2) is 11.1 Å². The first kappa shape index (κ1) is 14.4. The Morgan fingerprint density at radius 2 is 1.71 bits per heavy atom. The number of pyridine rings is 1. The minimum Gasteiger partial charge on any atom is -0.474 e. The van der Waals surface area contributed by atoms with Gasteiger partial charge >= 0.3 is 0 Å². The van der Waals surface area contributed by atoms with Gasteiger partial charge in [0.15, 0.2) is 0 Å². The number of nitrogen functional groups attached to an aromatic ring is 1. The summed E-state index contributed by atoms with van der Waals surface area (Å²) in [4.78, 5) is 4.05. The second-order valence-corrected chi connectivity index (χ2v) is 4.68. The summed E-state index contributed by atoms with van der Waals surface area (Å²) in [5, 5.41) is 18.8. The monoisotopic (exact) mass is 278 g/mol. The molecular weight excluding hydrogens is 264 g/mol. The van der Waals surface area contributed by atoms with Crippen molar-refractivity contribution < 1.29 is 4.74 Å². The summed E-state index contributed by atoms with van der Waals surface area (Å²) in [5.41, 5.74) is 7.45. The third-order valence-electron chi connectivity index (χ3n) is 2.83. The molecule has 0 aliphatic rings. The van der Waals surface area contributed by atoms with Gasteiger partial charge in [-0.05, 0) is 19.4 Å². The van der Waals surface area contributed by atoms with Crippen LogP contribution in [0.3, 0.4) is 0 Å². The summed E-state index contributed by atoms with van der Waals surface area (Å²) >= 11 is 0. The van der Waals surface area contributed by atoms with E-state index < -0.39 is 0 Å². The third kappa shape index (κ3) is 2.77. The van der Waals surface area contributed by atoms with Crippen LogP contribution in [0.2, 0.25) is 0 Å². The highest BCUT2D eigenvalue weighted by Crippen LogP contribution is 2.35. The number of rotatable bonds is 3. The summed E-state index contributed by atoms with van der Waals surface area (Å²) in [5.74, 6) is 0.217. The fraction of sp³-hybridized carbons (Fsp3) is 0.188. The van der Waals surface area contributed by atoms with E-state index in [0.717, 1.165) is 5.56 Å². The lowest BCUT2D eigenvalue weighted by atomic mass is 9.96. The summed E-state index contributed by atoms with van der Waals surface area (Å²) in [6.45, 7) is 3.67. The zero-order valence-corrected chi connectivity index (χ0v) is 11.8. The van der Waals surface area contributed by atoms with E-state index in [-0.39, 0.29) is 28.9 Å². The molecule has 1 aromatic heterocycles. The van der Waals surface area contributed by atoms with E-state index in [1.54, 1.807) is 0 Å². The third-order valence-corrected chi connectivity index (χ3v) is 2.83. The van der Waals surface area contributed by atoms with Gasteiger partial charge in [0, 0.05) is 5.56 Å². The first-order valence-corrected chi connectivity index (χ1v) is 6.44. The van der Waals surface area contributed by atoms with Crippen molar-refractivity contribution in [2.45, 2.75) is 20.0 Å².